The Morgan fingerprint density at radius 3 is 1.54 bits per heavy atom. The van der Waals surface area contributed by atoms with E-state index in [1.54, 1.807) is 10.8 Å². The minimum Gasteiger partial charge on any atom is -0.481 e. The van der Waals surface area contributed by atoms with Crippen LogP contribution in [0, 0.1) is 17.3 Å². The van der Waals surface area contributed by atoms with Gasteiger partial charge in [-0.2, -0.15) is 11.3 Å². The summed E-state index contributed by atoms with van der Waals surface area (Å²) in [7, 11) is 0. The summed E-state index contributed by atoms with van der Waals surface area (Å²) in [5.74, 6) is -8.57. The summed E-state index contributed by atoms with van der Waals surface area (Å²) in [6, 6.07) is 0. The molecule has 0 aromatic carbocycles. The minimum atomic E-state index is -1.49. The van der Waals surface area contributed by atoms with Gasteiger partial charge in [-0.1, -0.05) is 0 Å². The summed E-state index contributed by atoms with van der Waals surface area (Å²) in [5, 5.41) is 40.7. The van der Waals surface area contributed by atoms with Crippen LogP contribution < -0.4 is 0 Å². The van der Waals surface area contributed by atoms with E-state index in [1.807, 2.05) is 0 Å². The number of hydrogen-bond acceptors (Lipinski definition) is 5. The number of hydrogen-bond donors (Lipinski definition) is 4. The molecule has 2 atom stereocenters. The predicted molar refractivity (Wildman–Crippen MR) is 80.9 cm³/mol. The lowest BCUT2D eigenvalue weighted by molar-refractivity contribution is -0.164. The molecular formula is C15H16O8S. The number of carboxylic acid groups (broad SMARTS) is 4. The maximum absolute atomic E-state index is 11.7. The lowest BCUT2D eigenvalue weighted by atomic mass is 9.62. The maximum atomic E-state index is 11.7. The number of rotatable bonds is 8. The van der Waals surface area contributed by atoms with Crippen molar-refractivity contribution in [3.05, 3.63) is 21.9 Å². The molecule has 0 fully saturated rings. The van der Waals surface area contributed by atoms with Crippen LogP contribution in [0.25, 0.3) is 0 Å². The highest BCUT2D eigenvalue weighted by Crippen LogP contribution is 2.51. The Morgan fingerprint density at radius 1 is 0.875 bits per heavy atom. The van der Waals surface area contributed by atoms with Gasteiger partial charge in [-0.15, -0.1) is 0 Å². The largest absolute Gasteiger partial charge is 0.481 e. The number of carbonyl (C=O) groups is 4. The van der Waals surface area contributed by atoms with Crippen molar-refractivity contribution < 1.29 is 39.6 Å². The van der Waals surface area contributed by atoms with Gasteiger partial charge in [0.2, 0.25) is 0 Å². The van der Waals surface area contributed by atoms with Gasteiger partial charge in [-0.05, 0) is 34.7 Å². The Morgan fingerprint density at radius 2 is 1.25 bits per heavy atom. The third-order valence-corrected chi connectivity index (χ3v) is 5.46. The SMILES string of the molecule is O=C(O)CC(C(=O)O)C1(C(CC(=O)O)C(=O)O)Cc2cscc2C1. The van der Waals surface area contributed by atoms with E-state index in [1.165, 1.54) is 11.3 Å². The highest BCUT2D eigenvalue weighted by atomic mass is 32.1. The van der Waals surface area contributed by atoms with E-state index in [9.17, 15) is 29.4 Å². The zero-order valence-electron chi connectivity index (χ0n) is 12.5. The normalized spacial score (nSPS) is 17.7. The van der Waals surface area contributed by atoms with Gasteiger partial charge >= 0.3 is 23.9 Å². The van der Waals surface area contributed by atoms with Crippen molar-refractivity contribution in [1.29, 1.82) is 0 Å². The maximum Gasteiger partial charge on any atom is 0.307 e. The van der Waals surface area contributed by atoms with Crippen LogP contribution >= 0.6 is 11.3 Å². The topological polar surface area (TPSA) is 149 Å². The molecule has 0 spiro atoms. The fourth-order valence-corrected chi connectivity index (χ4v) is 4.46. The van der Waals surface area contributed by atoms with Gasteiger partial charge < -0.3 is 20.4 Å². The Kier molecular flexibility index (Phi) is 4.93. The van der Waals surface area contributed by atoms with Gasteiger partial charge in [-0.25, -0.2) is 0 Å². The van der Waals surface area contributed by atoms with Crippen LogP contribution in [-0.4, -0.2) is 44.3 Å². The molecule has 2 unspecified atom stereocenters. The first kappa shape index (κ1) is 17.9. The smallest absolute Gasteiger partial charge is 0.307 e. The molecule has 1 aromatic heterocycles. The van der Waals surface area contributed by atoms with Crippen LogP contribution in [0.15, 0.2) is 10.8 Å². The molecule has 1 aliphatic rings. The minimum absolute atomic E-state index is 0.0420. The van der Waals surface area contributed by atoms with E-state index in [0.29, 0.717) is 0 Å². The summed E-state index contributed by atoms with van der Waals surface area (Å²) in [6.45, 7) is 0. The van der Waals surface area contributed by atoms with Crippen molar-refractivity contribution in [3.8, 4) is 0 Å². The number of aliphatic carboxylic acids is 4. The van der Waals surface area contributed by atoms with Crippen molar-refractivity contribution in [2.75, 3.05) is 0 Å². The molecule has 0 saturated carbocycles. The summed E-state index contributed by atoms with van der Waals surface area (Å²) in [5.41, 5.74) is 0.0363. The van der Waals surface area contributed by atoms with Crippen LogP contribution in [0.1, 0.15) is 24.0 Å². The zero-order valence-corrected chi connectivity index (χ0v) is 13.3. The zero-order chi connectivity index (χ0) is 18.1. The van der Waals surface area contributed by atoms with E-state index < -0.39 is 54.0 Å². The molecule has 130 valence electrons. The lowest BCUT2D eigenvalue weighted by Gasteiger charge is -2.39. The van der Waals surface area contributed by atoms with E-state index in [-0.39, 0.29) is 12.8 Å². The van der Waals surface area contributed by atoms with Crippen LogP contribution in [0.2, 0.25) is 0 Å². The molecule has 0 saturated heterocycles. The quantitative estimate of drug-likeness (QED) is 0.542. The molecule has 1 aromatic rings. The standard InChI is InChI=1S/C15H16O8S/c16-11(17)1-9(13(20)21)15(10(14(22)23)2-12(18)19)3-7-5-24-6-8(7)4-15/h5-6,9-10H,1-4H2,(H,16,17)(H,18,19)(H,20,21)(H,22,23). The first-order chi connectivity index (χ1) is 11.2. The molecule has 1 heterocycles. The molecule has 0 amide bonds. The first-order valence-electron chi connectivity index (χ1n) is 7.10. The second-order valence-corrected chi connectivity index (χ2v) is 6.73. The second-order valence-electron chi connectivity index (χ2n) is 5.99. The van der Waals surface area contributed by atoms with Crippen LogP contribution in [-0.2, 0) is 32.0 Å². The van der Waals surface area contributed by atoms with Gasteiger partial charge in [0, 0.05) is 5.41 Å². The van der Waals surface area contributed by atoms with Crippen molar-refractivity contribution in [3.63, 3.8) is 0 Å². The third kappa shape index (κ3) is 3.25. The average molecular weight is 356 g/mol. The Labute approximate surface area is 140 Å². The third-order valence-electron chi connectivity index (χ3n) is 4.61. The molecule has 0 bridgehead atoms. The summed E-state index contributed by atoms with van der Waals surface area (Å²) >= 11 is 1.38. The van der Waals surface area contributed by atoms with Gasteiger partial charge in [0.1, 0.15) is 0 Å². The summed E-state index contributed by atoms with van der Waals surface area (Å²) in [4.78, 5) is 45.7. The fourth-order valence-electron chi connectivity index (χ4n) is 3.59. The summed E-state index contributed by atoms with van der Waals surface area (Å²) in [6.07, 6.45) is -1.43. The molecule has 0 radical (unpaired) electrons. The number of carboxylic acids is 4. The van der Waals surface area contributed by atoms with Gasteiger partial charge in [0.15, 0.2) is 0 Å². The van der Waals surface area contributed by atoms with Crippen molar-refractivity contribution in [2.24, 2.45) is 17.3 Å². The molecular weight excluding hydrogens is 340 g/mol. The highest BCUT2D eigenvalue weighted by Gasteiger charge is 2.55. The van der Waals surface area contributed by atoms with Crippen LogP contribution in [0.4, 0.5) is 0 Å². The van der Waals surface area contributed by atoms with E-state index in [0.717, 1.165) is 11.1 Å². The van der Waals surface area contributed by atoms with E-state index in [4.69, 9.17) is 10.2 Å². The Balaban J connectivity index is 2.54. The van der Waals surface area contributed by atoms with Crippen LogP contribution in [0.3, 0.4) is 0 Å². The van der Waals surface area contributed by atoms with Gasteiger partial charge in [-0.3, -0.25) is 19.2 Å². The van der Waals surface area contributed by atoms with Crippen molar-refractivity contribution >= 4 is 35.2 Å². The number of fused-ring (bicyclic) bond motifs is 1. The van der Waals surface area contributed by atoms with Crippen molar-refractivity contribution in [2.45, 2.75) is 25.7 Å². The predicted octanol–water partition coefficient (Wildman–Crippen LogP) is 1.18. The molecule has 24 heavy (non-hydrogen) atoms. The lowest BCUT2D eigenvalue weighted by Crippen LogP contribution is -2.47. The number of thiophene rings is 1. The van der Waals surface area contributed by atoms with Crippen LogP contribution in [0.5, 0.6) is 0 Å². The molecule has 4 N–H and O–H groups in total. The first-order valence-corrected chi connectivity index (χ1v) is 8.05. The molecule has 8 nitrogen and oxygen atoms in total. The average Bonchev–Trinajstić information content (AvgIpc) is 3.00. The van der Waals surface area contributed by atoms with E-state index >= 15 is 0 Å². The Hall–Kier alpha value is -2.42. The molecule has 0 aliphatic heterocycles. The summed E-state index contributed by atoms with van der Waals surface area (Å²) < 4.78 is 0. The molecule has 1 aliphatic carbocycles. The monoisotopic (exact) mass is 356 g/mol. The van der Waals surface area contributed by atoms with Gasteiger partial charge in [0.25, 0.3) is 0 Å². The molecule has 2 rings (SSSR count). The Bertz CT molecular complexity index is 635. The fraction of sp³-hybridized carbons (Fsp3) is 0.467. The second kappa shape index (κ2) is 6.60. The van der Waals surface area contributed by atoms with E-state index in [2.05, 4.69) is 0 Å². The van der Waals surface area contributed by atoms with Crippen molar-refractivity contribution in [1.82, 2.24) is 0 Å². The van der Waals surface area contributed by atoms with Gasteiger partial charge in [0.05, 0.1) is 24.7 Å². The molecule has 9 heteroatoms. The highest BCUT2D eigenvalue weighted by molar-refractivity contribution is 7.08.